The van der Waals surface area contributed by atoms with Crippen molar-refractivity contribution in [2.45, 2.75) is 13.3 Å². The molecule has 0 saturated carbocycles. The molecule has 0 aliphatic carbocycles. The van der Waals surface area contributed by atoms with E-state index in [1.165, 1.54) is 6.20 Å². The van der Waals surface area contributed by atoms with Gasteiger partial charge in [-0.05, 0) is 48.4 Å². The van der Waals surface area contributed by atoms with Crippen LogP contribution in [0.5, 0.6) is 5.75 Å². The van der Waals surface area contributed by atoms with Crippen molar-refractivity contribution in [3.63, 3.8) is 0 Å². The van der Waals surface area contributed by atoms with Crippen LogP contribution in [0.25, 0.3) is 0 Å². The molecule has 0 bridgehead atoms. The Hall–Kier alpha value is -2.69. The van der Waals surface area contributed by atoms with Gasteiger partial charge in [-0.2, -0.15) is 5.10 Å². The highest BCUT2D eigenvalue weighted by atomic mass is 16.5. The van der Waals surface area contributed by atoms with Crippen LogP contribution >= 0.6 is 0 Å². The van der Waals surface area contributed by atoms with Gasteiger partial charge >= 0.3 is 0 Å². The maximum Gasteiger partial charge on any atom is 0.272 e. The smallest absolute Gasteiger partial charge is 0.272 e. The minimum Gasteiger partial charge on any atom is -0.497 e. The highest BCUT2D eigenvalue weighted by Crippen LogP contribution is 2.13. The average molecular weight is 283 g/mol. The number of hydrazone groups is 1. The summed E-state index contributed by atoms with van der Waals surface area (Å²) in [6.45, 7) is 1.99. The first kappa shape index (κ1) is 14.7. The second-order valence-corrected chi connectivity index (χ2v) is 4.32. The SMILES string of the molecule is CC/C(=N/NC(=O)c1cccnc1)c1ccc(OC)cc1. The third-order valence-electron chi connectivity index (χ3n) is 2.97. The van der Waals surface area contributed by atoms with Crippen LogP contribution in [-0.4, -0.2) is 23.7 Å². The molecule has 2 aromatic rings. The van der Waals surface area contributed by atoms with Crippen molar-refractivity contribution in [1.82, 2.24) is 10.4 Å². The molecular weight excluding hydrogens is 266 g/mol. The van der Waals surface area contributed by atoms with E-state index in [2.05, 4.69) is 15.5 Å². The van der Waals surface area contributed by atoms with Gasteiger partial charge < -0.3 is 4.74 Å². The maximum absolute atomic E-state index is 11.9. The monoisotopic (exact) mass is 283 g/mol. The summed E-state index contributed by atoms with van der Waals surface area (Å²) in [5, 5.41) is 4.19. The number of aromatic nitrogens is 1. The number of nitrogens with one attached hydrogen (secondary N) is 1. The molecule has 0 spiro atoms. The molecule has 1 N–H and O–H groups in total. The quantitative estimate of drug-likeness (QED) is 0.677. The molecule has 0 saturated heterocycles. The van der Waals surface area contributed by atoms with Gasteiger partial charge in [-0.1, -0.05) is 6.92 Å². The van der Waals surface area contributed by atoms with Crippen LogP contribution in [0, 0.1) is 0 Å². The normalized spacial score (nSPS) is 11.0. The standard InChI is InChI=1S/C16H17N3O2/c1-3-15(12-6-8-14(21-2)9-7-12)18-19-16(20)13-5-4-10-17-11-13/h4-11H,3H2,1-2H3,(H,19,20)/b18-15-. The molecule has 108 valence electrons. The Kier molecular flexibility index (Phi) is 5.04. The highest BCUT2D eigenvalue weighted by Gasteiger charge is 2.06. The lowest BCUT2D eigenvalue weighted by molar-refractivity contribution is 0.0954. The Morgan fingerprint density at radius 3 is 2.57 bits per heavy atom. The van der Waals surface area contributed by atoms with Crippen LogP contribution < -0.4 is 10.2 Å². The molecule has 1 aromatic heterocycles. The van der Waals surface area contributed by atoms with Gasteiger partial charge in [-0.3, -0.25) is 9.78 Å². The topological polar surface area (TPSA) is 63.6 Å². The van der Waals surface area contributed by atoms with Crippen LogP contribution in [0.2, 0.25) is 0 Å². The number of carbonyl (C=O) groups is 1. The van der Waals surface area contributed by atoms with Gasteiger partial charge in [-0.25, -0.2) is 5.43 Å². The van der Waals surface area contributed by atoms with Crippen molar-refractivity contribution in [1.29, 1.82) is 0 Å². The lowest BCUT2D eigenvalue weighted by atomic mass is 10.1. The number of rotatable bonds is 5. The van der Waals surface area contributed by atoms with Crippen molar-refractivity contribution in [3.8, 4) is 5.75 Å². The zero-order valence-corrected chi connectivity index (χ0v) is 12.0. The van der Waals surface area contributed by atoms with Gasteiger partial charge in [0.25, 0.3) is 5.91 Å². The summed E-state index contributed by atoms with van der Waals surface area (Å²) in [6, 6.07) is 11.0. The number of methoxy groups -OCH3 is 1. The van der Waals surface area contributed by atoms with E-state index in [1.54, 1.807) is 25.4 Å². The van der Waals surface area contributed by atoms with Gasteiger partial charge in [-0.15, -0.1) is 0 Å². The largest absolute Gasteiger partial charge is 0.497 e. The van der Waals surface area contributed by atoms with Crippen molar-refractivity contribution in [2.24, 2.45) is 5.10 Å². The summed E-state index contributed by atoms with van der Waals surface area (Å²) in [7, 11) is 1.62. The van der Waals surface area contributed by atoms with Crippen LogP contribution in [0.1, 0.15) is 29.3 Å². The molecule has 2 rings (SSSR count). The average Bonchev–Trinajstić information content (AvgIpc) is 2.56. The molecule has 0 unspecified atom stereocenters. The maximum atomic E-state index is 11.9. The number of pyridine rings is 1. The number of nitrogens with zero attached hydrogens (tertiary/aromatic N) is 2. The Balaban J connectivity index is 2.11. The van der Waals surface area contributed by atoms with Gasteiger partial charge in [0.05, 0.1) is 18.4 Å². The molecule has 0 aliphatic rings. The van der Waals surface area contributed by atoms with Crippen LogP contribution in [0.15, 0.2) is 53.9 Å². The Morgan fingerprint density at radius 1 is 1.24 bits per heavy atom. The fraction of sp³-hybridized carbons (Fsp3) is 0.188. The van der Waals surface area contributed by atoms with Crippen molar-refractivity contribution in [3.05, 3.63) is 59.9 Å². The third-order valence-corrected chi connectivity index (χ3v) is 2.97. The number of benzene rings is 1. The van der Waals surface area contributed by atoms with Gasteiger partial charge in [0.2, 0.25) is 0 Å². The third kappa shape index (κ3) is 3.89. The molecule has 5 heteroatoms. The second-order valence-electron chi connectivity index (χ2n) is 4.32. The van der Waals surface area contributed by atoms with E-state index in [0.717, 1.165) is 17.0 Å². The minimum absolute atomic E-state index is 0.275. The summed E-state index contributed by atoms with van der Waals surface area (Å²) in [5.41, 5.74) is 4.78. The van der Waals surface area contributed by atoms with Crippen molar-refractivity contribution < 1.29 is 9.53 Å². The van der Waals surface area contributed by atoms with E-state index in [4.69, 9.17) is 4.74 Å². The van der Waals surface area contributed by atoms with E-state index in [1.807, 2.05) is 31.2 Å². The molecule has 5 nitrogen and oxygen atoms in total. The van der Waals surface area contributed by atoms with E-state index >= 15 is 0 Å². The first-order valence-corrected chi connectivity index (χ1v) is 6.66. The van der Waals surface area contributed by atoms with Crippen LogP contribution in [0.4, 0.5) is 0 Å². The number of hydrogen-bond donors (Lipinski definition) is 1. The summed E-state index contributed by atoms with van der Waals surface area (Å²) in [6.07, 6.45) is 3.83. The van der Waals surface area contributed by atoms with Crippen molar-refractivity contribution >= 4 is 11.6 Å². The Labute approximate surface area is 123 Å². The summed E-state index contributed by atoms with van der Waals surface area (Å²) in [4.78, 5) is 15.8. The molecule has 0 radical (unpaired) electrons. The Bertz CT molecular complexity index is 622. The summed E-state index contributed by atoms with van der Waals surface area (Å²) < 4.78 is 5.12. The number of carbonyl (C=O) groups excluding carboxylic acids is 1. The number of amides is 1. The van der Waals surface area contributed by atoms with E-state index in [0.29, 0.717) is 12.0 Å². The van der Waals surface area contributed by atoms with Crippen LogP contribution in [-0.2, 0) is 0 Å². The minimum atomic E-state index is -0.275. The molecule has 1 heterocycles. The molecule has 1 aromatic carbocycles. The van der Waals surface area contributed by atoms with Gasteiger partial charge in [0.15, 0.2) is 0 Å². The summed E-state index contributed by atoms with van der Waals surface area (Å²) >= 11 is 0. The first-order chi connectivity index (χ1) is 10.2. The Morgan fingerprint density at radius 2 is 2.00 bits per heavy atom. The summed E-state index contributed by atoms with van der Waals surface area (Å²) in [5.74, 6) is 0.510. The molecular formula is C16H17N3O2. The molecule has 1 amide bonds. The lowest BCUT2D eigenvalue weighted by Crippen LogP contribution is -2.20. The lowest BCUT2D eigenvalue weighted by Gasteiger charge is -2.06. The van der Waals surface area contributed by atoms with E-state index in [-0.39, 0.29) is 5.91 Å². The van der Waals surface area contributed by atoms with Crippen LogP contribution in [0.3, 0.4) is 0 Å². The zero-order chi connectivity index (χ0) is 15.1. The second kappa shape index (κ2) is 7.19. The predicted molar refractivity (Wildman–Crippen MR) is 81.5 cm³/mol. The first-order valence-electron chi connectivity index (χ1n) is 6.66. The molecule has 0 atom stereocenters. The fourth-order valence-electron chi connectivity index (χ4n) is 1.81. The molecule has 21 heavy (non-hydrogen) atoms. The van der Waals surface area contributed by atoms with Gasteiger partial charge in [0, 0.05) is 12.4 Å². The fourth-order valence-corrected chi connectivity index (χ4v) is 1.81. The molecule has 0 aliphatic heterocycles. The van der Waals surface area contributed by atoms with Crippen molar-refractivity contribution in [2.75, 3.05) is 7.11 Å². The van der Waals surface area contributed by atoms with E-state index < -0.39 is 0 Å². The number of hydrogen-bond acceptors (Lipinski definition) is 4. The zero-order valence-electron chi connectivity index (χ0n) is 12.0. The van der Waals surface area contributed by atoms with Gasteiger partial charge in [0.1, 0.15) is 5.75 Å². The van der Waals surface area contributed by atoms with E-state index in [9.17, 15) is 4.79 Å². The molecule has 0 fully saturated rings. The number of ether oxygens (including phenoxy) is 1. The highest BCUT2D eigenvalue weighted by molar-refractivity contribution is 6.02. The predicted octanol–water partition coefficient (Wildman–Crippen LogP) is 2.63.